The molecular formula is C21H27IN6S. The van der Waals surface area contributed by atoms with E-state index in [0.717, 1.165) is 44.1 Å². The lowest BCUT2D eigenvalue weighted by Crippen LogP contribution is -2.48. The van der Waals surface area contributed by atoms with Gasteiger partial charge in [-0.3, -0.25) is 4.99 Å². The molecule has 2 N–H and O–H groups in total. The van der Waals surface area contributed by atoms with Crippen molar-refractivity contribution in [3.8, 4) is 5.69 Å². The zero-order valence-corrected chi connectivity index (χ0v) is 19.6. The Morgan fingerprint density at radius 2 is 2.07 bits per heavy atom. The molecule has 0 amide bonds. The van der Waals surface area contributed by atoms with E-state index in [2.05, 4.69) is 67.4 Å². The van der Waals surface area contributed by atoms with E-state index in [1.165, 1.54) is 10.6 Å². The Balaban J connectivity index is 0.00000240. The molecule has 0 aliphatic carbocycles. The van der Waals surface area contributed by atoms with Gasteiger partial charge >= 0.3 is 0 Å². The number of thiophene rings is 1. The van der Waals surface area contributed by atoms with Crippen LogP contribution in [0.4, 0.5) is 5.00 Å². The molecule has 2 aromatic heterocycles. The van der Waals surface area contributed by atoms with Gasteiger partial charge in [0.05, 0.1) is 10.7 Å². The van der Waals surface area contributed by atoms with Gasteiger partial charge in [-0.2, -0.15) is 5.10 Å². The van der Waals surface area contributed by atoms with Crippen LogP contribution in [0.1, 0.15) is 18.4 Å². The molecule has 0 radical (unpaired) electrons. The zero-order valence-electron chi connectivity index (χ0n) is 16.5. The van der Waals surface area contributed by atoms with E-state index in [4.69, 9.17) is 0 Å². The Bertz CT molecular complexity index is 886. The van der Waals surface area contributed by atoms with Gasteiger partial charge in [0.1, 0.15) is 0 Å². The van der Waals surface area contributed by atoms with Crippen molar-refractivity contribution in [1.29, 1.82) is 0 Å². The molecule has 0 unspecified atom stereocenters. The van der Waals surface area contributed by atoms with E-state index in [9.17, 15) is 0 Å². The van der Waals surface area contributed by atoms with E-state index in [-0.39, 0.29) is 24.0 Å². The third-order valence-corrected chi connectivity index (χ3v) is 5.95. The highest BCUT2D eigenvalue weighted by Crippen LogP contribution is 2.24. The number of rotatable bonds is 5. The van der Waals surface area contributed by atoms with Crippen molar-refractivity contribution in [1.82, 2.24) is 20.4 Å². The summed E-state index contributed by atoms with van der Waals surface area (Å²) in [5, 5.41) is 14.8. The van der Waals surface area contributed by atoms with Crippen molar-refractivity contribution in [3.63, 3.8) is 0 Å². The number of nitrogens with zero attached hydrogens (tertiary/aromatic N) is 4. The van der Waals surface area contributed by atoms with E-state index in [1.54, 1.807) is 6.20 Å². The minimum atomic E-state index is 0. The average molecular weight is 522 g/mol. The summed E-state index contributed by atoms with van der Waals surface area (Å²) < 4.78 is 1.87. The summed E-state index contributed by atoms with van der Waals surface area (Å²) in [5.41, 5.74) is 2.26. The number of aliphatic imine (C=N–C) groups is 1. The van der Waals surface area contributed by atoms with Crippen LogP contribution >= 0.6 is 35.3 Å². The SMILES string of the molecule is CN=C(NCc1cccc(-n2cccn2)c1)NC1CCN(c2cccs2)CC1.I. The molecule has 0 atom stereocenters. The predicted octanol–water partition coefficient (Wildman–Crippen LogP) is 3.89. The molecular weight excluding hydrogens is 495 g/mol. The van der Waals surface area contributed by atoms with Gasteiger partial charge in [0.25, 0.3) is 0 Å². The summed E-state index contributed by atoms with van der Waals surface area (Å²) in [7, 11) is 1.83. The van der Waals surface area contributed by atoms with Crippen LogP contribution in [-0.2, 0) is 6.54 Å². The monoisotopic (exact) mass is 522 g/mol. The van der Waals surface area contributed by atoms with Gasteiger partial charge in [-0.15, -0.1) is 35.3 Å². The molecule has 4 rings (SSSR count). The Kier molecular flexibility index (Phi) is 7.93. The van der Waals surface area contributed by atoms with Gasteiger partial charge in [0, 0.05) is 45.1 Å². The molecule has 0 bridgehead atoms. The van der Waals surface area contributed by atoms with Crippen molar-refractivity contribution in [2.75, 3.05) is 25.0 Å². The molecule has 1 aromatic carbocycles. The molecule has 154 valence electrons. The molecule has 0 saturated carbocycles. The highest BCUT2D eigenvalue weighted by Gasteiger charge is 2.20. The standard InChI is InChI=1S/C21H26N6S.HI/c1-22-21(25-18-8-12-26(13-9-18)20-7-3-14-28-20)23-16-17-5-2-6-19(15-17)27-11-4-10-24-27;/h2-7,10-11,14-15,18H,8-9,12-13,16H2,1H3,(H2,22,23,25);1H. The van der Waals surface area contributed by atoms with E-state index >= 15 is 0 Å². The number of hydrogen-bond acceptors (Lipinski definition) is 4. The molecule has 8 heteroatoms. The topological polar surface area (TPSA) is 57.5 Å². The highest BCUT2D eigenvalue weighted by molar-refractivity contribution is 14.0. The lowest BCUT2D eigenvalue weighted by atomic mass is 10.1. The second-order valence-corrected chi connectivity index (χ2v) is 7.83. The van der Waals surface area contributed by atoms with Crippen molar-refractivity contribution >= 4 is 46.3 Å². The Labute approximate surface area is 193 Å². The maximum Gasteiger partial charge on any atom is 0.191 e. The molecule has 1 aliphatic heterocycles. The molecule has 6 nitrogen and oxygen atoms in total. The number of hydrogen-bond donors (Lipinski definition) is 2. The lowest BCUT2D eigenvalue weighted by Gasteiger charge is -2.33. The zero-order chi connectivity index (χ0) is 19.2. The summed E-state index contributed by atoms with van der Waals surface area (Å²) in [6.45, 7) is 2.89. The summed E-state index contributed by atoms with van der Waals surface area (Å²) in [6.07, 6.45) is 5.98. The molecule has 3 heterocycles. The first-order valence-electron chi connectivity index (χ1n) is 9.66. The van der Waals surface area contributed by atoms with Crippen molar-refractivity contribution in [3.05, 3.63) is 65.8 Å². The van der Waals surface area contributed by atoms with Crippen LogP contribution in [0.3, 0.4) is 0 Å². The summed E-state index contributed by atoms with van der Waals surface area (Å²) in [6, 6.07) is 15.1. The van der Waals surface area contributed by atoms with Gasteiger partial charge in [0.15, 0.2) is 5.96 Å². The summed E-state index contributed by atoms with van der Waals surface area (Å²) in [4.78, 5) is 6.88. The first-order valence-corrected chi connectivity index (χ1v) is 10.5. The summed E-state index contributed by atoms with van der Waals surface area (Å²) in [5.74, 6) is 0.860. The van der Waals surface area contributed by atoms with E-state index in [0.29, 0.717) is 6.04 Å². The Hall–Kier alpha value is -2.07. The largest absolute Gasteiger partial charge is 0.363 e. The minimum absolute atomic E-state index is 0. The van der Waals surface area contributed by atoms with Crippen LogP contribution in [0, 0.1) is 0 Å². The quantitative estimate of drug-likeness (QED) is 0.304. The molecule has 1 fully saturated rings. The first-order chi connectivity index (χ1) is 13.8. The van der Waals surface area contributed by atoms with Gasteiger partial charge in [-0.05, 0) is 54.1 Å². The molecule has 29 heavy (non-hydrogen) atoms. The Morgan fingerprint density at radius 1 is 1.21 bits per heavy atom. The van der Waals surface area contributed by atoms with Gasteiger partial charge in [0.2, 0.25) is 0 Å². The molecule has 3 aromatic rings. The van der Waals surface area contributed by atoms with Crippen LogP contribution in [0.15, 0.2) is 65.2 Å². The van der Waals surface area contributed by atoms with Crippen molar-refractivity contribution in [2.45, 2.75) is 25.4 Å². The fourth-order valence-electron chi connectivity index (χ4n) is 3.50. The smallest absolute Gasteiger partial charge is 0.191 e. The fraction of sp³-hybridized carbons (Fsp3) is 0.333. The molecule has 0 spiro atoms. The number of benzene rings is 1. The van der Waals surface area contributed by atoms with Crippen LogP contribution in [0.5, 0.6) is 0 Å². The number of guanidine groups is 1. The number of anilines is 1. The third-order valence-electron chi connectivity index (χ3n) is 5.02. The fourth-order valence-corrected chi connectivity index (χ4v) is 4.28. The van der Waals surface area contributed by atoms with Crippen LogP contribution in [0.25, 0.3) is 5.69 Å². The number of aromatic nitrogens is 2. The normalized spacial score (nSPS) is 15.1. The number of nitrogens with one attached hydrogen (secondary N) is 2. The van der Waals surface area contributed by atoms with Gasteiger partial charge < -0.3 is 15.5 Å². The van der Waals surface area contributed by atoms with Crippen LogP contribution < -0.4 is 15.5 Å². The number of piperidine rings is 1. The van der Waals surface area contributed by atoms with E-state index < -0.39 is 0 Å². The highest BCUT2D eigenvalue weighted by atomic mass is 127. The maximum absolute atomic E-state index is 4.40. The third kappa shape index (κ3) is 5.72. The van der Waals surface area contributed by atoms with Crippen molar-refractivity contribution < 1.29 is 0 Å². The minimum Gasteiger partial charge on any atom is -0.363 e. The summed E-state index contributed by atoms with van der Waals surface area (Å²) >= 11 is 1.82. The van der Waals surface area contributed by atoms with Gasteiger partial charge in [-0.1, -0.05) is 12.1 Å². The van der Waals surface area contributed by atoms with Crippen LogP contribution in [0.2, 0.25) is 0 Å². The lowest BCUT2D eigenvalue weighted by molar-refractivity contribution is 0.463. The second kappa shape index (κ2) is 10.6. The van der Waals surface area contributed by atoms with E-state index in [1.807, 2.05) is 35.3 Å². The number of halogens is 1. The molecule has 1 saturated heterocycles. The maximum atomic E-state index is 4.40. The van der Waals surface area contributed by atoms with Gasteiger partial charge in [-0.25, -0.2) is 4.68 Å². The first kappa shape index (κ1) is 21.6. The average Bonchev–Trinajstić information content (AvgIpc) is 3.46. The molecule has 1 aliphatic rings. The Morgan fingerprint density at radius 3 is 2.76 bits per heavy atom. The second-order valence-electron chi connectivity index (χ2n) is 6.90. The van der Waals surface area contributed by atoms with Crippen molar-refractivity contribution in [2.24, 2.45) is 4.99 Å². The predicted molar refractivity (Wildman–Crippen MR) is 132 cm³/mol. The van der Waals surface area contributed by atoms with Crippen LogP contribution in [-0.4, -0.2) is 41.9 Å².